The fourth-order valence-corrected chi connectivity index (χ4v) is 3.59. The number of carbonyl (C=O) groups excluding carboxylic acids is 1. The van der Waals surface area contributed by atoms with Gasteiger partial charge in [-0.15, -0.1) is 0 Å². The highest BCUT2D eigenvalue weighted by atomic mass is 16.5. The minimum Gasteiger partial charge on any atom is -0.455 e. The molecule has 3 aromatic rings. The summed E-state index contributed by atoms with van der Waals surface area (Å²) in [6.45, 7) is 0. The minimum atomic E-state index is -0.214. The quantitative estimate of drug-likeness (QED) is 0.555. The van der Waals surface area contributed by atoms with E-state index in [1.165, 1.54) is 32.1 Å². The van der Waals surface area contributed by atoms with Crippen molar-refractivity contribution in [2.45, 2.75) is 38.1 Å². The molecule has 148 valence electrons. The van der Waals surface area contributed by atoms with E-state index in [9.17, 15) is 4.79 Å². The molecule has 0 radical (unpaired) electrons. The number of anilines is 2. The SMILES string of the molecule is O=C(Nc1ccccc1Oc1ccccc1)c1cncc(NC2CCCCC2)c1. The predicted molar refractivity (Wildman–Crippen MR) is 116 cm³/mol. The van der Waals surface area contributed by atoms with Crippen LogP contribution in [-0.2, 0) is 0 Å². The predicted octanol–water partition coefficient (Wildman–Crippen LogP) is 5.87. The summed E-state index contributed by atoms with van der Waals surface area (Å²) >= 11 is 0. The van der Waals surface area contributed by atoms with Crippen LogP contribution in [0.3, 0.4) is 0 Å². The zero-order valence-corrected chi connectivity index (χ0v) is 16.3. The Hall–Kier alpha value is -3.34. The van der Waals surface area contributed by atoms with Crippen LogP contribution in [0.25, 0.3) is 0 Å². The number of hydrogen-bond donors (Lipinski definition) is 2. The number of rotatable bonds is 6. The summed E-state index contributed by atoms with van der Waals surface area (Å²) in [4.78, 5) is 17.1. The second-order valence-electron chi connectivity index (χ2n) is 7.31. The van der Waals surface area contributed by atoms with Crippen molar-refractivity contribution in [3.8, 4) is 11.5 Å². The van der Waals surface area contributed by atoms with E-state index in [1.54, 1.807) is 12.4 Å². The van der Waals surface area contributed by atoms with Crippen LogP contribution in [0.4, 0.5) is 11.4 Å². The molecule has 1 aromatic heterocycles. The van der Waals surface area contributed by atoms with Crippen LogP contribution in [0.5, 0.6) is 11.5 Å². The molecular formula is C24H25N3O2. The molecule has 4 rings (SSSR count). The fraction of sp³-hybridized carbons (Fsp3) is 0.250. The standard InChI is InChI=1S/C24H25N3O2/c28-24(18-15-20(17-25-16-18)26-19-9-3-1-4-10-19)27-22-13-7-8-14-23(22)29-21-11-5-2-6-12-21/h2,5-8,11-17,19,26H,1,3-4,9-10H2,(H,27,28). The van der Waals surface area contributed by atoms with E-state index in [0.29, 0.717) is 23.0 Å². The van der Waals surface area contributed by atoms with Crippen LogP contribution >= 0.6 is 0 Å². The summed E-state index contributed by atoms with van der Waals surface area (Å²) in [6, 6.07) is 19.2. The van der Waals surface area contributed by atoms with Crippen molar-refractivity contribution < 1.29 is 9.53 Å². The molecule has 2 aromatic carbocycles. The van der Waals surface area contributed by atoms with Gasteiger partial charge < -0.3 is 15.4 Å². The number of para-hydroxylation sites is 3. The van der Waals surface area contributed by atoms with Crippen molar-refractivity contribution in [3.63, 3.8) is 0 Å². The van der Waals surface area contributed by atoms with Gasteiger partial charge >= 0.3 is 0 Å². The number of carbonyl (C=O) groups is 1. The number of hydrogen-bond acceptors (Lipinski definition) is 4. The highest BCUT2D eigenvalue weighted by molar-refractivity contribution is 6.05. The Bertz CT molecular complexity index is 953. The first-order valence-electron chi connectivity index (χ1n) is 10.1. The Morgan fingerprint density at radius 2 is 1.69 bits per heavy atom. The van der Waals surface area contributed by atoms with E-state index in [2.05, 4.69) is 15.6 Å². The average Bonchev–Trinajstić information content (AvgIpc) is 2.77. The molecule has 2 N–H and O–H groups in total. The van der Waals surface area contributed by atoms with Gasteiger partial charge in [-0.2, -0.15) is 0 Å². The van der Waals surface area contributed by atoms with Gasteiger partial charge in [-0.05, 0) is 43.2 Å². The van der Waals surface area contributed by atoms with Crippen LogP contribution < -0.4 is 15.4 Å². The van der Waals surface area contributed by atoms with Crippen LogP contribution in [0.15, 0.2) is 73.1 Å². The molecule has 1 fully saturated rings. The molecule has 0 unspecified atom stereocenters. The number of benzene rings is 2. The third-order valence-corrected chi connectivity index (χ3v) is 5.08. The average molecular weight is 387 g/mol. The molecule has 0 bridgehead atoms. The lowest BCUT2D eigenvalue weighted by Gasteiger charge is -2.23. The Kier molecular flexibility index (Phi) is 6.05. The number of nitrogens with one attached hydrogen (secondary N) is 2. The summed E-state index contributed by atoms with van der Waals surface area (Å²) in [7, 11) is 0. The summed E-state index contributed by atoms with van der Waals surface area (Å²) < 4.78 is 5.93. The lowest BCUT2D eigenvalue weighted by Crippen LogP contribution is -2.22. The number of pyridine rings is 1. The third kappa shape index (κ3) is 5.13. The van der Waals surface area contributed by atoms with E-state index in [4.69, 9.17) is 4.74 Å². The number of nitrogens with zero attached hydrogens (tertiary/aromatic N) is 1. The van der Waals surface area contributed by atoms with Gasteiger partial charge in [-0.3, -0.25) is 9.78 Å². The van der Waals surface area contributed by atoms with Gasteiger partial charge in [0, 0.05) is 18.4 Å². The largest absolute Gasteiger partial charge is 0.455 e. The lowest BCUT2D eigenvalue weighted by atomic mass is 9.95. The topological polar surface area (TPSA) is 63.2 Å². The van der Waals surface area contributed by atoms with Crippen molar-refractivity contribution in [2.75, 3.05) is 10.6 Å². The van der Waals surface area contributed by atoms with Gasteiger partial charge in [0.2, 0.25) is 0 Å². The molecule has 29 heavy (non-hydrogen) atoms. The molecule has 5 nitrogen and oxygen atoms in total. The Balaban J connectivity index is 1.46. The molecule has 1 aliphatic carbocycles. The number of aromatic nitrogens is 1. The van der Waals surface area contributed by atoms with Crippen molar-refractivity contribution in [2.24, 2.45) is 0 Å². The van der Waals surface area contributed by atoms with E-state index in [0.717, 1.165) is 11.4 Å². The van der Waals surface area contributed by atoms with E-state index < -0.39 is 0 Å². The Morgan fingerprint density at radius 3 is 2.52 bits per heavy atom. The van der Waals surface area contributed by atoms with Gasteiger partial charge in [0.1, 0.15) is 5.75 Å². The van der Waals surface area contributed by atoms with Crippen LogP contribution in [0, 0.1) is 0 Å². The molecule has 0 aliphatic heterocycles. The molecule has 1 aliphatic rings. The van der Waals surface area contributed by atoms with Gasteiger partial charge in [0.15, 0.2) is 5.75 Å². The van der Waals surface area contributed by atoms with Gasteiger partial charge in [-0.25, -0.2) is 0 Å². The number of amides is 1. The maximum Gasteiger partial charge on any atom is 0.257 e. The van der Waals surface area contributed by atoms with Gasteiger partial charge in [-0.1, -0.05) is 49.6 Å². The van der Waals surface area contributed by atoms with Crippen molar-refractivity contribution in [3.05, 3.63) is 78.6 Å². The van der Waals surface area contributed by atoms with Crippen LogP contribution in [0.1, 0.15) is 42.5 Å². The summed E-state index contributed by atoms with van der Waals surface area (Å²) in [5.41, 5.74) is 2.02. The monoisotopic (exact) mass is 387 g/mol. The highest BCUT2D eigenvalue weighted by Crippen LogP contribution is 2.29. The van der Waals surface area contributed by atoms with Gasteiger partial charge in [0.05, 0.1) is 16.9 Å². The molecule has 0 spiro atoms. The first kappa shape index (κ1) is 19.0. The molecule has 0 saturated heterocycles. The Labute approximate surface area is 171 Å². The first-order valence-corrected chi connectivity index (χ1v) is 10.1. The zero-order valence-electron chi connectivity index (χ0n) is 16.3. The van der Waals surface area contributed by atoms with E-state index >= 15 is 0 Å². The van der Waals surface area contributed by atoms with Crippen molar-refractivity contribution in [1.82, 2.24) is 4.98 Å². The molecule has 1 saturated carbocycles. The third-order valence-electron chi connectivity index (χ3n) is 5.08. The van der Waals surface area contributed by atoms with E-state index in [-0.39, 0.29) is 5.91 Å². The fourth-order valence-electron chi connectivity index (χ4n) is 3.59. The molecule has 0 atom stereocenters. The minimum absolute atomic E-state index is 0.214. The van der Waals surface area contributed by atoms with Gasteiger partial charge in [0.25, 0.3) is 5.91 Å². The lowest BCUT2D eigenvalue weighted by molar-refractivity contribution is 0.102. The Morgan fingerprint density at radius 1 is 0.931 bits per heavy atom. The normalized spacial score (nSPS) is 14.2. The second kappa shape index (κ2) is 9.24. The van der Waals surface area contributed by atoms with Crippen LogP contribution in [0.2, 0.25) is 0 Å². The van der Waals surface area contributed by atoms with Crippen molar-refractivity contribution >= 4 is 17.3 Å². The summed E-state index contributed by atoms with van der Waals surface area (Å²) in [5.74, 6) is 1.10. The summed E-state index contributed by atoms with van der Waals surface area (Å²) in [5, 5.41) is 6.46. The first-order chi connectivity index (χ1) is 14.3. The van der Waals surface area contributed by atoms with E-state index in [1.807, 2.05) is 60.7 Å². The number of ether oxygens (including phenoxy) is 1. The zero-order chi connectivity index (χ0) is 19.9. The van der Waals surface area contributed by atoms with Crippen LogP contribution in [-0.4, -0.2) is 16.9 Å². The maximum absolute atomic E-state index is 12.8. The highest BCUT2D eigenvalue weighted by Gasteiger charge is 2.15. The molecule has 1 heterocycles. The molecule has 1 amide bonds. The maximum atomic E-state index is 12.8. The summed E-state index contributed by atoms with van der Waals surface area (Å²) in [6.07, 6.45) is 9.51. The molecule has 5 heteroatoms. The molecular weight excluding hydrogens is 362 g/mol. The van der Waals surface area contributed by atoms with Crippen molar-refractivity contribution in [1.29, 1.82) is 0 Å². The smallest absolute Gasteiger partial charge is 0.257 e. The second-order valence-corrected chi connectivity index (χ2v) is 7.31.